The minimum Gasteiger partial charge on any atom is -0.377 e. The summed E-state index contributed by atoms with van der Waals surface area (Å²) in [6.45, 7) is 5.75. The minimum atomic E-state index is -2.82. The first-order valence-electron chi connectivity index (χ1n) is 9.35. The van der Waals surface area contributed by atoms with Gasteiger partial charge >= 0.3 is 0 Å². The Morgan fingerprint density at radius 2 is 1.75 bits per heavy atom. The second-order valence-electron chi connectivity index (χ2n) is 7.31. The summed E-state index contributed by atoms with van der Waals surface area (Å²) in [6, 6.07) is 0.425. The van der Waals surface area contributed by atoms with Crippen LogP contribution in [0.5, 0.6) is 0 Å². The Balaban J connectivity index is 1.50. The van der Waals surface area contributed by atoms with Gasteiger partial charge in [-0.1, -0.05) is 6.92 Å². The zero-order valence-electron chi connectivity index (χ0n) is 14.7. The summed E-state index contributed by atoms with van der Waals surface area (Å²) < 4.78 is 28.9. The second kappa shape index (κ2) is 7.70. The van der Waals surface area contributed by atoms with Crippen molar-refractivity contribution in [3.63, 3.8) is 0 Å². The van der Waals surface area contributed by atoms with Crippen LogP contribution in [0.2, 0.25) is 0 Å². The first-order chi connectivity index (χ1) is 11.5. The molecule has 0 aromatic heterocycles. The third kappa shape index (κ3) is 4.11. The molecule has 3 saturated heterocycles. The van der Waals surface area contributed by atoms with E-state index in [9.17, 15) is 13.2 Å². The predicted octanol–water partition coefficient (Wildman–Crippen LogP) is 0.913. The van der Waals surface area contributed by atoms with Gasteiger partial charge in [0, 0.05) is 38.8 Å². The van der Waals surface area contributed by atoms with Crippen molar-refractivity contribution in [2.24, 2.45) is 5.92 Å². The van der Waals surface area contributed by atoms with Gasteiger partial charge in [-0.25, -0.2) is 8.42 Å². The molecule has 3 aliphatic heterocycles. The Morgan fingerprint density at radius 1 is 1.08 bits per heavy atom. The standard InChI is InChI=1S/C17H30N2O4S/c1-2-16-15(4-3-11-23-16)17(20)19-7-5-14(6-8-19)18-9-12-24(21,22)13-10-18/h14-16H,2-13H2,1H3. The fourth-order valence-electron chi connectivity index (χ4n) is 4.30. The number of likely N-dealkylation sites (tertiary alicyclic amines) is 1. The van der Waals surface area contributed by atoms with Gasteiger partial charge in [-0.3, -0.25) is 9.69 Å². The molecule has 2 unspecified atom stereocenters. The molecule has 138 valence electrons. The van der Waals surface area contributed by atoms with Crippen molar-refractivity contribution in [2.45, 2.75) is 51.2 Å². The van der Waals surface area contributed by atoms with Gasteiger partial charge in [-0.2, -0.15) is 0 Å². The number of carbonyl (C=O) groups is 1. The molecule has 0 N–H and O–H groups in total. The minimum absolute atomic E-state index is 0.0282. The van der Waals surface area contributed by atoms with Crippen LogP contribution in [0.4, 0.5) is 0 Å². The molecule has 3 aliphatic rings. The van der Waals surface area contributed by atoms with E-state index in [0.717, 1.165) is 51.8 Å². The van der Waals surface area contributed by atoms with E-state index in [-0.39, 0.29) is 29.4 Å². The first-order valence-corrected chi connectivity index (χ1v) is 11.2. The molecule has 24 heavy (non-hydrogen) atoms. The number of amides is 1. The fourth-order valence-corrected chi connectivity index (χ4v) is 5.53. The third-order valence-electron chi connectivity index (χ3n) is 5.83. The monoisotopic (exact) mass is 358 g/mol. The summed E-state index contributed by atoms with van der Waals surface area (Å²) >= 11 is 0. The average Bonchev–Trinajstić information content (AvgIpc) is 2.61. The molecule has 0 saturated carbocycles. The molecule has 2 atom stereocenters. The molecule has 0 radical (unpaired) electrons. The lowest BCUT2D eigenvalue weighted by Crippen LogP contribution is -2.53. The van der Waals surface area contributed by atoms with Crippen LogP contribution in [0.1, 0.15) is 39.0 Å². The Bertz CT molecular complexity index is 529. The summed E-state index contributed by atoms with van der Waals surface area (Å²) in [5, 5.41) is 0. The molecule has 6 nitrogen and oxygen atoms in total. The van der Waals surface area contributed by atoms with Crippen LogP contribution < -0.4 is 0 Å². The van der Waals surface area contributed by atoms with Crippen LogP contribution >= 0.6 is 0 Å². The van der Waals surface area contributed by atoms with Crippen molar-refractivity contribution < 1.29 is 17.9 Å². The highest BCUT2D eigenvalue weighted by Gasteiger charge is 2.36. The first kappa shape index (κ1) is 18.1. The molecule has 0 aliphatic carbocycles. The number of hydrogen-bond donors (Lipinski definition) is 0. The van der Waals surface area contributed by atoms with Gasteiger partial charge in [0.2, 0.25) is 5.91 Å². The molecule has 3 fully saturated rings. The van der Waals surface area contributed by atoms with E-state index in [2.05, 4.69) is 11.8 Å². The predicted molar refractivity (Wildman–Crippen MR) is 92.6 cm³/mol. The summed E-state index contributed by atoms with van der Waals surface area (Å²) in [4.78, 5) is 17.2. The lowest BCUT2D eigenvalue weighted by Gasteiger charge is -2.42. The zero-order valence-corrected chi connectivity index (χ0v) is 15.5. The summed E-state index contributed by atoms with van der Waals surface area (Å²) in [6.07, 6.45) is 4.81. The molecule has 3 heterocycles. The van der Waals surface area contributed by atoms with Gasteiger partial charge in [0.1, 0.15) is 0 Å². The van der Waals surface area contributed by atoms with Crippen LogP contribution in [0.25, 0.3) is 0 Å². The molecule has 0 aromatic rings. The molecule has 0 spiro atoms. The van der Waals surface area contributed by atoms with Crippen LogP contribution in [0, 0.1) is 5.92 Å². The van der Waals surface area contributed by atoms with E-state index in [4.69, 9.17) is 4.74 Å². The van der Waals surface area contributed by atoms with Crippen molar-refractivity contribution in [2.75, 3.05) is 44.3 Å². The lowest BCUT2D eigenvalue weighted by molar-refractivity contribution is -0.146. The van der Waals surface area contributed by atoms with Gasteiger partial charge in [-0.05, 0) is 32.1 Å². The van der Waals surface area contributed by atoms with Crippen LogP contribution in [0.3, 0.4) is 0 Å². The normalized spacial score (nSPS) is 32.6. The maximum absolute atomic E-state index is 12.8. The van der Waals surface area contributed by atoms with Gasteiger partial charge in [0.25, 0.3) is 0 Å². The Hall–Kier alpha value is -0.660. The molecular weight excluding hydrogens is 328 g/mol. The van der Waals surface area contributed by atoms with E-state index in [1.54, 1.807) is 0 Å². The number of rotatable bonds is 3. The summed E-state index contributed by atoms with van der Waals surface area (Å²) in [5.41, 5.74) is 0. The van der Waals surface area contributed by atoms with Crippen LogP contribution in [-0.2, 0) is 19.4 Å². The van der Waals surface area contributed by atoms with E-state index in [1.807, 2.05) is 4.90 Å². The lowest BCUT2D eigenvalue weighted by atomic mass is 9.90. The van der Waals surface area contributed by atoms with Gasteiger partial charge in [0.15, 0.2) is 9.84 Å². The highest BCUT2D eigenvalue weighted by Crippen LogP contribution is 2.27. The van der Waals surface area contributed by atoms with Gasteiger partial charge in [-0.15, -0.1) is 0 Å². The molecule has 0 aromatic carbocycles. The maximum Gasteiger partial charge on any atom is 0.228 e. The van der Waals surface area contributed by atoms with Crippen LogP contribution in [-0.4, -0.2) is 80.6 Å². The number of carbonyl (C=O) groups excluding carboxylic acids is 1. The van der Waals surface area contributed by atoms with Gasteiger partial charge < -0.3 is 9.64 Å². The number of piperidine rings is 1. The number of sulfone groups is 1. The zero-order chi connectivity index (χ0) is 17.2. The Labute approximate surface area is 145 Å². The largest absolute Gasteiger partial charge is 0.377 e. The van der Waals surface area contributed by atoms with Crippen molar-refractivity contribution >= 4 is 15.7 Å². The number of hydrogen-bond acceptors (Lipinski definition) is 5. The second-order valence-corrected chi connectivity index (χ2v) is 9.61. The van der Waals surface area contributed by atoms with E-state index in [1.165, 1.54) is 0 Å². The van der Waals surface area contributed by atoms with Crippen molar-refractivity contribution in [3.8, 4) is 0 Å². The Kier molecular flexibility index (Phi) is 5.82. The Morgan fingerprint density at radius 3 is 2.38 bits per heavy atom. The van der Waals surface area contributed by atoms with E-state index in [0.29, 0.717) is 19.1 Å². The van der Waals surface area contributed by atoms with Crippen LogP contribution in [0.15, 0.2) is 0 Å². The molecule has 7 heteroatoms. The molecule has 1 amide bonds. The third-order valence-corrected chi connectivity index (χ3v) is 7.44. The SMILES string of the molecule is CCC1OCCCC1C(=O)N1CCC(N2CCS(=O)(=O)CC2)CC1. The van der Waals surface area contributed by atoms with Gasteiger partial charge in [0.05, 0.1) is 23.5 Å². The topological polar surface area (TPSA) is 66.9 Å². The molecule has 3 rings (SSSR count). The number of ether oxygens (including phenoxy) is 1. The van der Waals surface area contributed by atoms with Crippen molar-refractivity contribution in [1.29, 1.82) is 0 Å². The smallest absolute Gasteiger partial charge is 0.228 e. The van der Waals surface area contributed by atoms with Crippen molar-refractivity contribution in [1.82, 2.24) is 9.80 Å². The van der Waals surface area contributed by atoms with E-state index < -0.39 is 9.84 Å². The fraction of sp³-hybridized carbons (Fsp3) is 0.941. The summed E-state index contributed by atoms with van der Waals surface area (Å²) in [7, 11) is -2.82. The molecular formula is C17H30N2O4S. The average molecular weight is 359 g/mol. The van der Waals surface area contributed by atoms with E-state index >= 15 is 0 Å². The van der Waals surface area contributed by atoms with Crippen molar-refractivity contribution in [3.05, 3.63) is 0 Å². The highest BCUT2D eigenvalue weighted by molar-refractivity contribution is 7.91. The quantitative estimate of drug-likeness (QED) is 0.750. The number of nitrogens with zero attached hydrogens (tertiary/aromatic N) is 2. The summed E-state index contributed by atoms with van der Waals surface area (Å²) in [5.74, 6) is 0.856. The maximum atomic E-state index is 12.8. The molecule has 0 bridgehead atoms. The highest BCUT2D eigenvalue weighted by atomic mass is 32.2.